The highest BCUT2D eigenvalue weighted by Crippen LogP contribution is 2.21. The molecule has 0 saturated carbocycles. The second kappa shape index (κ2) is 6.82. The lowest BCUT2D eigenvalue weighted by molar-refractivity contribution is 0.261. The minimum absolute atomic E-state index is 0.690. The van der Waals surface area contributed by atoms with E-state index in [1.807, 2.05) is 0 Å². The molecule has 0 rings (SSSR count). The molecule has 0 fully saturated rings. The fourth-order valence-corrected chi connectivity index (χ4v) is 3.34. The third-order valence-corrected chi connectivity index (χ3v) is 4.54. The zero-order valence-corrected chi connectivity index (χ0v) is 9.25. The van der Waals surface area contributed by atoms with Crippen LogP contribution < -0.4 is 0 Å². The van der Waals surface area contributed by atoms with Crippen molar-refractivity contribution in [2.24, 2.45) is 0 Å². The molecule has 0 saturated heterocycles. The van der Waals surface area contributed by atoms with Gasteiger partial charge in [0.25, 0.3) is 0 Å². The molecule has 3 heteroatoms. The molecule has 0 heterocycles. The molecule has 0 aliphatic carbocycles. The van der Waals surface area contributed by atoms with Crippen LogP contribution in [0.15, 0.2) is 0 Å². The summed E-state index contributed by atoms with van der Waals surface area (Å²) in [5.74, 6) is 0. The third kappa shape index (κ3) is 3.89. The molecule has 0 aliphatic heterocycles. The van der Waals surface area contributed by atoms with Crippen LogP contribution in [-0.2, 0) is 8.85 Å². The van der Waals surface area contributed by atoms with Crippen molar-refractivity contribution >= 4 is 9.28 Å². The second-order valence-electron chi connectivity index (χ2n) is 2.80. The molecule has 0 N–H and O–H groups in total. The van der Waals surface area contributed by atoms with Gasteiger partial charge in [-0.1, -0.05) is 26.7 Å². The first-order valence-corrected chi connectivity index (χ1v) is 5.96. The summed E-state index contributed by atoms with van der Waals surface area (Å²) in [6, 6.07) is 0. The smallest absolute Gasteiger partial charge is 0.324 e. The van der Waals surface area contributed by atoms with Gasteiger partial charge in [0.15, 0.2) is 0 Å². The van der Waals surface area contributed by atoms with Gasteiger partial charge in [0.05, 0.1) is 0 Å². The van der Waals surface area contributed by atoms with Crippen molar-refractivity contribution in [3.8, 4) is 0 Å². The van der Waals surface area contributed by atoms with Gasteiger partial charge in [0, 0.05) is 14.2 Å². The maximum absolute atomic E-state index is 5.32. The van der Waals surface area contributed by atoms with E-state index < -0.39 is 9.28 Å². The van der Waals surface area contributed by atoms with Crippen molar-refractivity contribution < 1.29 is 8.85 Å². The lowest BCUT2D eigenvalue weighted by atomic mass is 10.2. The summed E-state index contributed by atoms with van der Waals surface area (Å²) in [5, 5.41) is 0. The highest BCUT2D eigenvalue weighted by molar-refractivity contribution is 6.46. The highest BCUT2D eigenvalue weighted by atomic mass is 28.3. The van der Waals surface area contributed by atoms with Gasteiger partial charge >= 0.3 is 9.28 Å². The molecular weight excluding hydrogens is 156 g/mol. The first-order chi connectivity index (χ1) is 5.29. The molecular formula is C8H20O2Si. The van der Waals surface area contributed by atoms with E-state index in [4.69, 9.17) is 8.85 Å². The molecule has 1 unspecified atom stereocenters. The Morgan fingerprint density at radius 2 is 1.73 bits per heavy atom. The van der Waals surface area contributed by atoms with Crippen molar-refractivity contribution in [3.05, 3.63) is 0 Å². The Labute approximate surface area is 71.7 Å². The van der Waals surface area contributed by atoms with Gasteiger partial charge in [-0.3, -0.25) is 0 Å². The molecule has 11 heavy (non-hydrogen) atoms. The average molecular weight is 176 g/mol. The lowest BCUT2D eigenvalue weighted by Crippen LogP contribution is -2.25. The van der Waals surface area contributed by atoms with E-state index in [2.05, 4.69) is 13.8 Å². The number of rotatable bonds is 6. The summed E-state index contributed by atoms with van der Waals surface area (Å²) in [6.45, 7) is 4.41. The van der Waals surface area contributed by atoms with Gasteiger partial charge in [0.2, 0.25) is 0 Å². The molecule has 0 aromatic heterocycles. The largest absolute Gasteiger partial charge is 0.400 e. The van der Waals surface area contributed by atoms with Crippen LogP contribution in [-0.4, -0.2) is 23.5 Å². The van der Waals surface area contributed by atoms with E-state index in [1.54, 1.807) is 14.2 Å². The maximum atomic E-state index is 5.32. The monoisotopic (exact) mass is 176 g/mol. The van der Waals surface area contributed by atoms with Crippen LogP contribution in [0.5, 0.6) is 0 Å². The predicted molar refractivity (Wildman–Crippen MR) is 50.1 cm³/mol. The van der Waals surface area contributed by atoms with E-state index in [1.165, 1.54) is 19.3 Å². The van der Waals surface area contributed by atoms with Crippen LogP contribution in [0.4, 0.5) is 0 Å². The molecule has 0 aromatic carbocycles. The molecule has 1 atom stereocenters. The van der Waals surface area contributed by atoms with Crippen molar-refractivity contribution in [2.45, 2.75) is 38.7 Å². The standard InChI is InChI=1S/C8H20O2Si/c1-5-7-8(6-2)11(9-3)10-4/h8,11H,5-7H2,1-4H3. The predicted octanol–water partition coefficient (Wildman–Crippen LogP) is 2.08. The van der Waals surface area contributed by atoms with Gasteiger partial charge in [0.1, 0.15) is 0 Å². The zero-order chi connectivity index (χ0) is 8.69. The Bertz CT molecular complexity index is 84.2. The Morgan fingerprint density at radius 3 is 2.00 bits per heavy atom. The van der Waals surface area contributed by atoms with Crippen LogP contribution in [0.2, 0.25) is 5.54 Å². The normalized spacial score (nSPS) is 13.9. The van der Waals surface area contributed by atoms with Gasteiger partial charge in [-0.25, -0.2) is 0 Å². The van der Waals surface area contributed by atoms with Crippen LogP contribution in [0, 0.1) is 0 Å². The van der Waals surface area contributed by atoms with Crippen LogP contribution in [0.3, 0.4) is 0 Å². The topological polar surface area (TPSA) is 18.5 Å². The summed E-state index contributed by atoms with van der Waals surface area (Å²) in [5.41, 5.74) is 0.690. The van der Waals surface area contributed by atoms with Gasteiger partial charge < -0.3 is 8.85 Å². The van der Waals surface area contributed by atoms with E-state index in [0.717, 1.165) is 0 Å². The molecule has 0 radical (unpaired) electrons. The molecule has 0 amide bonds. The van der Waals surface area contributed by atoms with E-state index in [9.17, 15) is 0 Å². The fourth-order valence-electron chi connectivity index (χ4n) is 1.38. The molecule has 0 aromatic rings. The molecule has 2 nitrogen and oxygen atoms in total. The van der Waals surface area contributed by atoms with Gasteiger partial charge in [-0.15, -0.1) is 0 Å². The summed E-state index contributed by atoms with van der Waals surface area (Å²) in [6.07, 6.45) is 3.66. The van der Waals surface area contributed by atoms with Crippen molar-refractivity contribution in [3.63, 3.8) is 0 Å². The van der Waals surface area contributed by atoms with Crippen molar-refractivity contribution in [2.75, 3.05) is 14.2 Å². The van der Waals surface area contributed by atoms with Crippen LogP contribution >= 0.6 is 0 Å². The first-order valence-electron chi connectivity index (χ1n) is 4.35. The third-order valence-electron chi connectivity index (χ3n) is 2.03. The summed E-state index contributed by atoms with van der Waals surface area (Å²) >= 11 is 0. The van der Waals surface area contributed by atoms with Gasteiger partial charge in [-0.2, -0.15) is 0 Å². The quantitative estimate of drug-likeness (QED) is 0.577. The van der Waals surface area contributed by atoms with E-state index in [0.29, 0.717) is 5.54 Å². The Balaban J connectivity index is 3.76. The second-order valence-corrected chi connectivity index (χ2v) is 5.42. The summed E-state index contributed by atoms with van der Waals surface area (Å²) < 4.78 is 10.6. The number of hydrogen-bond donors (Lipinski definition) is 0. The summed E-state index contributed by atoms with van der Waals surface area (Å²) in [4.78, 5) is 0. The zero-order valence-electron chi connectivity index (χ0n) is 8.09. The lowest BCUT2D eigenvalue weighted by Gasteiger charge is -2.20. The van der Waals surface area contributed by atoms with Gasteiger partial charge in [-0.05, 0) is 12.0 Å². The Morgan fingerprint density at radius 1 is 1.18 bits per heavy atom. The minimum atomic E-state index is -1.32. The molecule has 0 spiro atoms. The minimum Gasteiger partial charge on any atom is -0.400 e. The van der Waals surface area contributed by atoms with Crippen molar-refractivity contribution in [1.29, 1.82) is 0 Å². The fraction of sp³-hybridized carbons (Fsp3) is 1.00. The van der Waals surface area contributed by atoms with Crippen molar-refractivity contribution in [1.82, 2.24) is 0 Å². The SMILES string of the molecule is CCCC(CC)[SiH](OC)OC. The van der Waals surface area contributed by atoms with E-state index >= 15 is 0 Å². The Kier molecular flexibility index (Phi) is 6.91. The van der Waals surface area contributed by atoms with Crippen LogP contribution in [0.25, 0.3) is 0 Å². The maximum Gasteiger partial charge on any atom is 0.324 e. The van der Waals surface area contributed by atoms with E-state index in [-0.39, 0.29) is 0 Å². The Hall–Kier alpha value is 0.137. The molecule has 0 aliphatic rings. The highest BCUT2D eigenvalue weighted by Gasteiger charge is 2.21. The first kappa shape index (κ1) is 11.1. The van der Waals surface area contributed by atoms with Crippen LogP contribution in [0.1, 0.15) is 33.1 Å². The summed E-state index contributed by atoms with van der Waals surface area (Å²) in [7, 11) is 2.20. The molecule has 0 bridgehead atoms. The number of hydrogen-bond acceptors (Lipinski definition) is 2. The molecule has 68 valence electrons. The average Bonchev–Trinajstić information content (AvgIpc) is 2.05.